The molecule has 0 radical (unpaired) electrons. The molecule has 0 saturated carbocycles. The van der Waals surface area contributed by atoms with E-state index in [0.29, 0.717) is 6.54 Å². The second-order valence-electron chi connectivity index (χ2n) is 5.28. The highest BCUT2D eigenvalue weighted by atomic mass is 32.2. The highest BCUT2D eigenvalue weighted by molar-refractivity contribution is 8.01. The van der Waals surface area contributed by atoms with Gasteiger partial charge in [-0.25, -0.2) is 8.78 Å². The Morgan fingerprint density at radius 2 is 1.82 bits per heavy atom. The minimum atomic E-state index is -0.313. The molecule has 0 bridgehead atoms. The quantitative estimate of drug-likeness (QED) is 0.848. The largest absolute Gasteiger partial charge is 0.321 e. The second-order valence-corrected chi connectivity index (χ2v) is 6.70. The molecule has 1 aliphatic rings. The maximum Gasteiger partial charge on any atom is 0.236 e. The molecule has 0 unspecified atom stereocenters. The fourth-order valence-electron chi connectivity index (χ4n) is 2.54. The molecule has 0 aliphatic carbocycles. The van der Waals surface area contributed by atoms with E-state index >= 15 is 0 Å². The third-order valence-electron chi connectivity index (χ3n) is 3.65. The van der Waals surface area contributed by atoms with Crippen LogP contribution in [-0.4, -0.2) is 16.1 Å². The molecular weight excluding hydrogens is 304 g/mol. The van der Waals surface area contributed by atoms with E-state index in [4.69, 9.17) is 0 Å². The summed E-state index contributed by atoms with van der Waals surface area (Å²) in [5, 5.41) is -0.392. The van der Waals surface area contributed by atoms with Crippen LogP contribution in [0, 0.1) is 11.6 Å². The third-order valence-corrected chi connectivity index (χ3v) is 5.04. The maximum absolute atomic E-state index is 13.5. The first-order valence-electron chi connectivity index (χ1n) is 7.00. The van der Waals surface area contributed by atoms with Crippen LogP contribution in [0.4, 0.5) is 8.78 Å². The van der Waals surface area contributed by atoms with Crippen molar-refractivity contribution >= 4 is 17.7 Å². The molecule has 22 heavy (non-hydrogen) atoms. The van der Waals surface area contributed by atoms with Gasteiger partial charge in [-0.05, 0) is 42.3 Å². The zero-order chi connectivity index (χ0) is 15.7. The number of amides is 1. The monoisotopic (exact) mass is 319 g/mol. The minimum absolute atomic E-state index is 0.0172. The third kappa shape index (κ3) is 2.99. The minimum Gasteiger partial charge on any atom is -0.321 e. The van der Waals surface area contributed by atoms with E-state index in [0.717, 1.165) is 11.1 Å². The lowest BCUT2D eigenvalue weighted by atomic mass is 10.1. The van der Waals surface area contributed by atoms with Gasteiger partial charge in [0.05, 0.1) is 5.25 Å². The van der Waals surface area contributed by atoms with Gasteiger partial charge in [0.1, 0.15) is 17.0 Å². The molecular formula is C17H15F2NOS. The first kappa shape index (κ1) is 15.0. The van der Waals surface area contributed by atoms with Crippen molar-refractivity contribution in [3.63, 3.8) is 0 Å². The number of benzene rings is 2. The first-order chi connectivity index (χ1) is 10.5. The van der Waals surface area contributed by atoms with Gasteiger partial charge in [-0.2, -0.15) is 0 Å². The maximum atomic E-state index is 13.5. The molecule has 0 aromatic heterocycles. The number of halogens is 2. The number of hydrogen-bond acceptors (Lipinski definition) is 2. The summed E-state index contributed by atoms with van der Waals surface area (Å²) in [5.74, 6) is -0.601. The Morgan fingerprint density at radius 3 is 2.50 bits per heavy atom. The van der Waals surface area contributed by atoms with Gasteiger partial charge in [0.2, 0.25) is 5.91 Å². The summed E-state index contributed by atoms with van der Waals surface area (Å²) >= 11 is 1.50. The van der Waals surface area contributed by atoms with Crippen LogP contribution in [0.3, 0.4) is 0 Å². The predicted octanol–water partition coefficient (Wildman–Crippen LogP) is 4.13. The first-order valence-corrected chi connectivity index (χ1v) is 7.95. The van der Waals surface area contributed by atoms with Crippen molar-refractivity contribution < 1.29 is 13.6 Å². The molecule has 1 aliphatic heterocycles. The number of rotatable bonds is 3. The van der Waals surface area contributed by atoms with Gasteiger partial charge in [0.15, 0.2) is 0 Å². The van der Waals surface area contributed by atoms with E-state index in [9.17, 15) is 13.6 Å². The van der Waals surface area contributed by atoms with Gasteiger partial charge in [-0.15, -0.1) is 11.8 Å². The lowest BCUT2D eigenvalue weighted by Gasteiger charge is -2.24. The van der Waals surface area contributed by atoms with Gasteiger partial charge in [0, 0.05) is 6.54 Å². The van der Waals surface area contributed by atoms with Gasteiger partial charge >= 0.3 is 0 Å². The van der Waals surface area contributed by atoms with E-state index in [-0.39, 0.29) is 28.2 Å². The summed E-state index contributed by atoms with van der Waals surface area (Å²) in [5.41, 5.74) is 1.62. The fourth-order valence-corrected chi connectivity index (χ4v) is 3.81. The molecule has 5 heteroatoms. The molecule has 0 spiro atoms. The average Bonchev–Trinajstić information content (AvgIpc) is 2.78. The van der Waals surface area contributed by atoms with Crippen molar-refractivity contribution in [3.8, 4) is 0 Å². The van der Waals surface area contributed by atoms with Crippen LogP contribution < -0.4 is 0 Å². The zero-order valence-electron chi connectivity index (χ0n) is 12.0. The van der Waals surface area contributed by atoms with E-state index in [1.54, 1.807) is 23.1 Å². The topological polar surface area (TPSA) is 20.3 Å². The molecule has 114 valence electrons. The summed E-state index contributed by atoms with van der Waals surface area (Å²) in [6.45, 7) is 2.24. The summed E-state index contributed by atoms with van der Waals surface area (Å²) in [4.78, 5) is 14.1. The molecule has 2 nitrogen and oxygen atoms in total. The Balaban J connectivity index is 1.88. The highest BCUT2D eigenvalue weighted by Gasteiger charge is 2.38. The fraction of sp³-hybridized carbons (Fsp3) is 0.235. The van der Waals surface area contributed by atoms with Crippen molar-refractivity contribution in [1.82, 2.24) is 4.90 Å². The molecule has 0 N–H and O–H groups in total. The number of thioether (sulfide) groups is 1. The normalized spacial score (nSPS) is 21.4. The van der Waals surface area contributed by atoms with Crippen LogP contribution in [0.2, 0.25) is 0 Å². The van der Waals surface area contributed by atoms with Crippen LogP contribution in [0.1, 0.15) is 23.4 Å². The predicted molar refractivity (Wildman–Crippen MR) is 83.1 cm³/mol. The van der Waals surface area contributed by atoms with Crippen LogP contribution in [0.5, 0.6) is 0 Å². The van der Waals surface area contributed by atoms with Gasteiger partial charge in [-0.1, -0.05) is 24.3 Å². The number of carbonyl (C=O) groups excluding carboxylic acids is 1. The van der Waals surface area contributed by atoms with Crippen LogP contribution in [0.15, 0.2) is 48.5 Å². The number of carbonyl (C=O) groups is 1. The number of hydrogen-bond donors (Lipinski definition) is 0. The Labute approximate surface area is 132 Å². The molecule has 1 amide bonds. The van der Waals surface area contributed by atoms with Crippen molar-refractivity contribution in [2.45, 2.75) is 24.1 Å². The summed E-state index contributed by atoms with van der Waals surface area (Å²) < 4.78 is 26.5. The Hall–Kier alpha value is -1.88. The zero-order valence-corrected chi connectivity index (χ0v) is 12.8. The van der Waals surface area contributed by atoms with Crippen LogP contribution in [-0.2, 0) is 11.3 Å². The summed E-state index contributed by atoms with van der Waals surface area (Å²) in [6, 6.07) is 12.4. The Bertz CT molecular complexity index is 689. The molecule has 1 fully saturated rings. The van der Waals surface area contributed by atoms with Gasteiger partial charge in [-0.3, -0.25) is 4.79 Å². The van der Waals surface area contributed by atoms with Gasteiger partial charge in [0.25, 0.3) is 0 Å². The summed E-state index contributed by atoms with van der Waals surface area (Å²) in [6.07, 6.45) is 0. The number of nitrogens with zero attached hydrogens (tertiary/aromatic N) is 1. The summed E-state index contributed by atoms with van der Waals surface area (Å²) in [7, 11) is 0. The van der Waals surface area contributed by atoms with Crippen molar-refractivity contribution in [1.29, 1.82) is 0 Å². The molecule has 1 heterocycles. The van der Waals surface area contributed by atoms with Crippen molar-refractivity contribution in [2.24, 2.45) is 0 Å². The van der Waals surface area contributed by atoms with Crippen molar-refractivity contribution in [2.75, 3.05) is 0 Å². The Kier molecular flexibility index (Phi) is 4.16. The van der Waals surface area contributed by atoms with Crippen LogP contribution >= 0.6 is 11.8 Å². The molecule has 2 aromatic carbocycles. The van der Waals surface area contributed by atoms with E-state index in [2.05, 4.69) is 0 Å². The Morgan fingerprint density at radius 1 is 1.09 bits per heavy atom. The smallest absolute Gasteiger partial charge is 0.236 e. The molecule has 2 atom stereocenters. The standard InChI is InChI=1S/C17H15F2NOS/c1-11-16(21)20(10-12-5-7-14(18)8-6-12)17(22-11)13-3-2-4-15(19)9-13/h2-9,11,17H,10H2,1H3/t11-,17-/m0/s1. The van der Waals surface area contributed by atoms with Crippen LogP contribution in [0.25, 0.3) is 0 Å². The lowest BCUT2D eigenvalue weighted by molar-refractivity contribution is -0.130. The van der Waals surface area contributed by atoms with E-state index < -0.39 is 0 Å². The van der Waals surface area contributed by atoms with Crippen molar-refractivity contribution in [3.05, 3.63) is 71.3 Å². The van der Waals surface area contributed by atoms with E-state index in [1.165, 1.54) is 36.0 Å². The molecule has 3 rings (SSSR count). The molecule has 1 saturated heterocycles. The lowest BCUT2D eigenvalue weighted by Crippen LogP contribution is -2.29. The molecule has 2 aromatic rings. The highest BCUT2D eigenvalue weighted by Crippen LogP contribution is 2.43. The second kappa shape index (κ2) is 6.08. The van der Waals surface area contributed by atoms with Gasteiger partial charge < -0.3 is 4.90 Å². The average molecular weight is 319 g/mol. The van der Waals surface area contributed by atoms with E-state index in [1.807, 2.05) is 13.0 Å². The SMILES string of the molecule is C[C@@H]1S[C@@H](c2cccc(F)c2)N(Cc2ccc(F)cc2)C1=O.